The highest BCUT2D eigenvalue weighted by molar-refractivity contribution is 4.79. The number of ether oxygens (including phenoxy) is 1. The van der Waals surface area contributed by atoms with Gasteiger partial charge in [-0.3, -0.25) is 0 Å². The van der Waals surface area contributed by atoms with Gasteiger partial charge in [-0.2, -0.15) is 0 Å². The lowest BCUT2D eigenvalue weighted by molar-refractivity contribution is -0.0520. The van der Waals surface area contributed by atoms with Crippen LogP contribution >= 0.6 is 0 Å². The molecule has 2 N–H and O–H groups in total. The van der Waals surface area contributed by atoms with Crippen LogP contribution in [-0.2, 0) is 4.74 Å². The van der Waals surface area contributed by atoms with Gasteiger partial charge in [-0.15, -0.1) is 0 Å². The second-order valence-electron chi connectivity index (χ2n) is 4.92. The van der Waals surface area contributed by atoms with Crippen LogP contribution in [0.1, 0.15) is 32.1 Å². The van der Waals surface area contributed by atoms with Crippen molar-refractivity contribution in [2.45, 2.75) is 44.1 Å². The van der Waals surface area contributed by atoms with Gasteiger partial charge in [0, 0.05) is 20.0 Å². The van der Waals surface area contributed by atoms with Crippen LogP contribution in [0.25, 0.3) is 0 Å². The van der Waals surface area contributed by atoms with E-state index in [-0.39, 0.29) is 18.8 Å². The monoisotopic (exact) mass is 251 g/mol. The van der Waals surface area contributed by atoms with Crippen LogP contribution in [0.2, 0.25) is 0 Å². The van der Waals surface area contributed by atoms with Gasteiger partial charge < -0.3 is 15.2 Å². The molecule has 0 radical (unpaired) electrons. The second-order valence-corrected chi connectivity index (χ2v) is 4.92. The number of aliphatic hydroxyl groups is 1. The van der Waals surface area contributed by atoms with Gasteiger partial charge in [0.2, 0.25) is 5.92 Å². The molecule has 1 fully saturated rings. The lowest BCUT2D eigenvalue weighted by Gasteiger charge is -2.29. The van der Waals surface area contributed by atoms with Crippen molar-refractivity contribution in [3.63, 3.8) is 0 Å². The van der Waals surface area contributed by atoms with E-state index in [0.29, 0.717) is 32.5 Å². The van der Waals surface area contributed by atoms with E-state index in [2.05, 4.69) is 5.32 Å². The van der Waals surface area contributed by atoms with E-state index >= 15 is 0 Å². The van der Waals surface area contributed by atoms with E-state index < -0.39 is 12.0 Å². The lowest BCUT2D eigenvalue weighted by atomic mass is 9.86. The molecule has 5 heteroatoms. The maximum Gasteiger partial charge on any atom is 0.248 e. The molecule has 3 nitrogen and oxygen atoms in total. The second kappa shape index (κ2) is 7.24. The largest absolute Gasteiger partial charge is 0.391 e. The molecule has 1 saturated carbocycles. The molecule has 0 amide bonds. The van der Waals surface area contributed by atoms with E-state index in [1.54, 1.807) is 7.11 Å². The quantitative estimate of drug-likeness (QED) is 0.678. The van der Waals surface area contributed by atoms with Gasteiger partial charge in [0.25, 0.3) is 0 Å². The Kier molecular flexibility index (Phi) is 6.30. The number of aliphatic hydroxyl groups excluding tert-OH is 1. The van der Waals surface area contributed by atoms with Crippen molar-refractivity contribution in [3.8, 4) is 0 Å². The maximum absolute atomic E-state index is 13.1. The van der Waals surface area contributed by atoms with E-state index in [9.17, 15) is 13.9 Å². The summed E-state index contributed by atoms with van der Waals surface area (Å²) in [4.78, 5) is 0. The third-order valence-electron chi connectivity index (χ3n) is 3.19. The Labute approximate surface area is 102 Å². The maximum atomic E-state index is 13.1. The van der Waals surface area contributed by atoms with E-state index in [0.717, 1.165) is 6.42 Å². The number of halogens is 2. The van der Waals surface area contributed by atoms with Crippen LogP contribution in [0.4, 0.5) is 8.78 Å². The molecule has 17 heavy (non-hydrogen) atoms. The summed E-state index contributed by atoms with van der Waals surface area (Å²) in [5.74, 6) is -2.40. The third-order valence-corrected chi connectivity index (χ3v) is 3.19. The standard InChI is InChI=1S/C12H23F2NO2/c1-17-9-11(16)4-6-15-8-10-3-2-5-12(13,14)7-10/h10-11,15-16H,2-9H2,1H3. The average Bonchev–Trinajstić information content (AvgIpc) is 2.23. The first-order valence-electron chi connectivity index (χ1n) is 6.29. The van der Waals surface area contributed by atoms with Gasteiger partial charge >= 0.3 is 0 Å². The zero-order chi connectivity index (χ0) is 12.7. The number of hydrogen-bond donors (Lipinski definition) is 2. The molecular weight excluding hydrogens is 228 g/mol. The van der Waals surface area contributed by atoms with Crippen LogP contribution in [0, 0.1) is 5.92 Å². The fourth-order valence-corrected chi connectivity index (χ4v) is 2.30. The first-order chi connectivity index (χ1) is 8.03. The van der Waals surface area contributed by atoms with Crippen molar-refractivity contribution in [3.05, 3.63) is 0 Å². The summed E-state index contributed by atoms with van der Waals surface area (Å²) in [6, 6.07) is 0. The molecule has 0 spiro atoms. The summed E-state index contributed by atoms with van der Waals surface area (Å²) in [5, 5.41) is 12.5. The van der Waals surface area contributed by atoms with Gasteiger partial charge in [0.15, 0.2) is 0 Å². The molecule has 0 saturated heterocycles. The minimum Gasteiger partial charge on any atom is -0.391 e. The van der Waals surface area contributed by atoms with Gasteiger partial charge in [0.1, 0.15) is 0 Å². The van der Waals surface area contributed by atoms with Crippen LogP contribution in [-0.4, -0.2) is 43.9 Å². The summed E-state index contributed by atoms with van der Waals surface area (Å²) in [6.07, 6.45) is 1.66. The van der Waals surface area contributed by atoms with Crippen LogP contribution in [0.5, 0.6) is 0 Å². The predicted octanol–water partition coefficient (Wildman–Crippen LogP) is 1.80. The summed E-state index contributed by atoms with van der Waals surface area (Å²) >= 11 is 0. The van der Waals surface area contributed by atoms with Crippen LogP contribution < -0.4 is 5.32 Å². The molecule has 0 aromatic heterocycles. The summed E-state index contributed by atoms with van der Waals surface area (Å²) in [7, 11) is 1.54. The smallest absolute Gasteiger partial charge is 0.248 e. The van der Waals surface area contributed by atoms with Crippen molar-refractivity contribution in [1.82, 2.24) is 5.32 Å². The molecule has 1 aliphatic rings. The number of nitrogens with one attached hydrogen (secondary N) is 1. The first-order valence-corrected chi connectivity index (χ1v) is 6.29. The Morgan fingerprint density at radius 2 is 2.29 bits per heavy atom. The first kappa shape index (κ1) is 14.8. The van der Waals surface area contributed by atoms with Gasteiger partial charge in [-0.1, -0.05) is 0 Å². The number of hydrogen-bond acceptors (Lipinski definition) is 3. The molecule has 1 aliphatic carbocycles. The third kappa shape index (κ3) is 6.29. The molecule has 0 bridgehead atoms. The average molecular weight is 251 g/mol. The van der Waals surface area contributed by atoms with Gasteiger partial charge in [-0.05, 0) is 38.3 Å². The summed E-state index contributed by atoms with van der Waals surface area (Å²) in [5.41, 5.74) is 0. The van der Waals surface area contributed by atoms with Crippen LogP contribution in [0.3, 0.4) is 0 Å². The Morgan fingerprint density at radius 1 is 1.53 bits per heavy atom. The molecule has 2 unspecified atom stereocenters. The Morgan fingerprint density at radius 3 is 2.94 bits per heavy atom. The normalized spacial score (nSPS) is 25.8. The van der Waals surface area contributed by atoms with E-state index in [1.165, 1.54) is 0 Å². The molecule has 0 aromatic carbocycles. The topological polar surface area (TPSA) is 41.5 Å². The molecule has 102 valence electrons. The molecular formula is C12H23F2NO2. The Hall–Kier alpha value is -0.260. The predicted molar refractivity (Wildman–Crippen MR) is 62.3 cm³/mol. The minimum absolute atomic E-state index is 0.000620. The minimum atomic E-state index is -2.47. The number of rotatable bonds is 7. The zero-order valence-electron chi connectivity index (χ0n) is 10.4. The van der Waals surface area contributed by atoms with Crippen LogP contribution in [0.15, 0.2) is 0 Å². The van der Waals surface area contributed by atoms with Crippen molar-refractivity contribution < 1.29 is 18.6 Å². The molecule has 0 heterocycles. The van der Waals surface area contributed by atoms with E-state index in [1.807, 2.05) is 0 Å². The lowest BCUT2D eigenvalue weighted by Crippen LogP contribution is -2.33. The Balaban J connectivity index is 2.06. The van der Waals surface area contributed by atoms with Crippen molar-refractivity contribution in [1.29, 1.82) is 0 Å². The molecule has 0 aliphatic heterocycles. The van der Waals surface area contributed by atoms with Gasteiger partial charge in [-0.25, -0.2) is 8.78 Å². The number of methoxy groups -OCH3 is 1. The SMILES string of the molecule is COCC(O)CCNCC1CCCC(F)(F)C1. The summed E-state index contributed by atoms with van der Waals surface area (Å²) in [6.45, 7) is 1.59. The molecule has 0 aromatic rings. The fourth-order valence-electron chi connectivity index (χ4n) is 2.30. The highest BCUT2D eigenvalue weighted by Gasteiger charge is 2.35. The highest BCUT2D eigenvalue weighted by atomic mass is 19.3. The zero-order valence-corrected chi connectivity index (χ0v) is 10.4. The Bertz CT molecular complexity index is 215. The number of alkyl halides is 2. The van der Waals surface area contributed by atoms with Crippen molar-refractivity contribution in [2.24, 2.45) is 5.92 Å². The van der Waals surface area contributed by atoms with E-state index in [4.69, 9.17) is 4.74 Å². The highest BCUT2D eigenvalue weighted by Crippen LogP contribution is 2.36. The molecule has 2 atom stereocenters. The van der Waals surface area contributed by atoms with Gasteiger partial charge in [0.05, 0.1) is 12.7 Å². The fraction of sp³-hybridized carbons (Fsp3) is 1.00. The molecule has 1 rings (SSSR count). The van der Waals surface area contributed by atoms with Crippen molar-refractivity contribution >= 4 is 0 Å². The summed E-state index contributed by atoms with van der Waals surface area (Å²) < 4.78 is 31.0. The van der Waals surface area contributed by atoms with Crippen molar-refractivity contribution in [2.75, 3.05) is 26.8 Å².